The molecule has 0 atom stereocenters. The second kappa shape index (κ2) is 5.43. The Balaban J connectivity index is 2.41. The average Bonchev–Trinajstić information content (AvgIpc) is 2.15. The molecule has 0 spiro atoms. The van der Waals surface area contributed by atoms with Crippen molar-refractivity contribution >= 4 is 23.5 Å². The molecule has 0 amide bonds. The van der Waals surface area contributed by atoms with Crippen LogP contribution in [0.4, 0.5) is 5.82 Å². The summed E-state index contributed by atoms with van der Waals surface area (Å²) in [4.78, 5) is 18.7. The quantitative estimate of drug-likeness (QED) is 0.451. The molecule has 76 valence electrons. The van der Waals surface area contributed by atoms with Gasteiger partial charge in [0, 0.05) is 6.07 Å². The Morgan fingerprint density at radius 1 is 1.64 bits per heavy atom. The average molecular weight is 213 g/mol. The van der Waals surface area contributed by atoms with Crippen molar-refractivity contribution in [3.8, 4) is 0 Å². The van der Waals surface area contributed by atoms with Crippen molar-refractivity contribution in [3.63, 3.8) is 0 Å². The number of carbonyl (C=O) groups excluding carboxylic acids is 1. The molecule has 0 aliphatic rings. The maximum Gasteiger partial charge on any atom is 0.316 e. The minimum atomic E-state index is -0.255. The number of nitrogens with zero attached hydrogens (tertiary/aromatic N) is 2. The van der Waals surface area contributed by atoms with Crippen molar-refractivity contribution in [3.05, 3.63) is 12.4 Å². The zero-order chi connectivity index (χ0) is 10.4. The van der Waals surface area contributed by atoms with Crippen LogP contribution in [0.25, 0.3) is 0 Å². The Kier molecular flexibility index (Phi) is 4.18. The predicted octanol–water partition coefficient (Wildman–Crippen LogP) is 0.714. The van der Waals surface area contributed by atoms with Crippen molar-refractivity contribution in [1.82, 2.24) is 9.97 Å². The lowest BCUT2D eigenvalue weighted by atomic mass is 10.6. The van der Waals surface area contributed by atoms with Crippen LogP contribution in [0, 0.1) is 0 Å². The Labute approximate surface area is 86.1 Å². The van der Waals surface area contributed by atoms with Crippen molar-refractivity contribution in [1.29, 1.82) is 0 Å². The Morgan fingerprint density at radius 2 is 2.43 bits per heavy atom. The highest BCUT2D eigenvalue weighted by atomic mass is 32.2. The summed E-state index contributed by atoms with van der Waals surface area (Å²) in [6, 6.07) is 1.61. The first-order valence-corrected chi connectivity index (χ1v) is 5.07. The smallest absolute Gasteiger partial charge is 0.316 e. The fourth-order valence-electron chi connectivity index (χ4n) is 0.768. The van der Waals surface area contributed by atoms with E-state index in [0.717, 1.165) is 0 Å². The first-order valence-electron chi connectivity index (χ1n) is 4.08. The summed E-state index contributed by atoms with van der Waals surface area (Å²) in [5, 5.41) is 0.672. The van der Waals surface area contributed by atoms with E-state index in [0.29, 0.717) is 17.5 Å². The molecule has 1 rings (SSSR count). The van der Waals surface area contributed by atoms with Gasteiger partial charge in [-0.25, -0.2) is 9.97 Å². The third kappa shape index (κ3) is 3.61. The number of carbonyl (C=O) groups is 1. The van der Waals surface area contributed by atoms with Gasteiger partial charge in [0.25, 0.3) is 0 Å². The summed E-state index contributed by atoms with van der Waals surface area (Å²) < 4.78 is 4.76. The number of nitrogen functional groups attached to an aromatic ring is 1. The predicted molar refractivity (Wildman–Crippen MR) is 53.8 cm³/mol. The largest absolute Gasteiger partial charge is 0.465 e. The maximum atomic E-state index is 11.0. The molecule has 14 heavy (non-hydrogen) atoms. The molecule has 0 fully saturated rings. The van der Waals surface area contributed by atoms with Crippen LogP contribution in [0.1, 0.15) is 6.92 Å². The molecule has 1 heterocycles. The highest BCUT2D eigenvalue weighted by molar-refractivity contribution is 7.99. The van der Waals surface area contributed by atoms with Crippen LogP contribution in [0.5, 0.6) is 0 Å². The Hall–Kier alpha value is -1.30. The standard InChI is InChI=1S/C8H11N3O2S/c1-2-13-8(12)4-14-7-3-6(9)10-5-11-7/h3,5H,2,4H2,1H3,(H2,9,10,11). The summed E-state index contributed by atoms with van der Waals surface area (Å²) in [6.07, 6.45) is 1.36. The molecule has 1 aromatic heterocycles. The summed E-state index contributed by atoms with van der Waals surface area (Å²) >= 11 is 1.28. The third-order valence-corrected chi connectivity index (χ3v) is 2.21. The Bertz CT molecular complexity index is 319. The molecule has 6 heteroatoms. The minimum absolute atomic E-state index is 0.240. The lowest BCUT2D eigenvalue weighted by Crippen LogP contribution is -2.06. The zero-order valence-corrected chi connectivity index (χ0v) is 8.58. The van der Waals surface area contributed by atoms with Gasteiger partial charge in [0.15, 0.2) is 0 Å². The summed E-state index contributed by atoms with van der Waals surface area (Å²) in [5.74, 6) is 0.380. The van der Waals surface area contributed by atoms with E-state index in [1.165, 1.54) is 18.1 Å². The number of nitrogens with two attached hydrogens (primary N) is 1. The van der Waals surface area contributed by atoms with E-state index in [-0.39, 0.29) is 11.7 Å². The number of anilines is 1. The monoisotopic (exact) mass is 213 g/mol. The fourth-order valence-corrected chi connectivity index (χ4v) is 1.44. The first kappa shape index (κ1) is 10.8. The highest BCUT2D eigenvalue weighted by Crippen LogP contribution is 2.15. The van der Waals surface area contributed by atoms with Gasteiger partial charge in [-0.05, 0) is 6.92 Å². The third-order valence-electron chi connectivity index (χ3n) is 1.31. The number of hydrogen-bond donors (Lipinski definition) is 1. The van der Waals surface area contributed by atoms with E-state index in [4.69, 9.17) is 10.5 Å². The van der Waals surface area contributed by atoms with Gasteiger partial charge in [-0.2, -0.15) is 0 Å². The number of rotatable bonds is 4. The highest BCUT2D eigenvalue weighted by Gasteiger charge is 2.04. The maximum absolute atomic E-state index is 11.0. The molecule has 2 N–H and O–H groups in total. The summed E-state index contributed by atoms with van der Waals surface area (Å²) in [6.45, 7) is 2.16. The minimum Gasteiger partial charge on any atom is -0.465 e. The molecule has 0 saturated heterocycles. The van der Waals surface area contributed by atoms with E-state index in [1.54, 1.807) is 13.0 Å². The van der Waals surface area contributed by atoms with Gasteiger partial charge < -0.3 is 10.5 Å². The SMILES string of the molecule is CCOC(=O)CSc1cc(N)ncn1. The summed E-state index contributed by atoms with van der Waals surface area (Å²) in [5.41, 5.74) is 5.44. The number of thioether (sulfide) groups is 1. The number of aromatic nitrogens is 2. The Morgan fingerprint density at radius 3 is 3.07 bits per heavy atom. The van der Waals surface area contributed by atoms with Crippen LogP contribution in [0.15, 0.2) is 17.4 Å². The first-order chi connectivity index (χ1) is 6.72. The van der Waals surface area contributed by atoms with Crippen molar-refractivity contribution in [2.75, 3.05) is 18.1 Å². The number of hydrogen-bond acceptors (Lipinski definition) is 6. The van der Waals surface area contributed by atoms with Gasteiger partial charge >= 0.3 is 5.97 Å². The van der Waals surface area contributed by atoms with Gasteiger partial charge in [-0.3, -0.25) is 4.79 Å². The molecule has 0 radical (unpaired) electrons. The second-order valence-corrected chi connectivity index (χ2v) is 3.37. The van der Waals surface area contributed by atoms with Crippen molar-refractivity contribution in [2.24, 2.45) is 0 Å². The lowest BCUT2D eigenvalue weighted by Gasteiger charge is -2.01. The van der Waals surface area contributed by atoms with E-state index >= 15 is 0 Å². The van der Waals surface area contributed by atoms with Crippen LogP contribution >= 0.6 is 11.8 Å². The molecule has 0 aliphatic carbocycles. The van der Waals surface area contributed by atoms with Crippen LogP contribution in [-0.2, 0) is 9.53 Å². The van der Waals surface area contributed by atoms with E-state index in [1.807, 2.05) is 0 Å². The van der Waals surface area contributed by atoms with E-state index < -0.39 is 0 Å². The van der Waals surface area contributed by atoms with Crippen LogP contribution in [0.2, 0.25) is 0 Å². The molecule has 1 aromatic rings. The fraction of sp³-hybridized carbons (Fsp3) is 0.375. The molecular formula is C8H11N3O2S. The van der Waals surface area contributed by atoms with Gasteiger partial charge in [0.05, 0.1) is 12.4 Å². The van der Waals surface area contributed by atoms with Crippen LogP contribution < -0.4 is 5.73 Å². The van der Waals surface area contributed by atoms with Crippen LogP contribution in [-0.4, -0.2) is 28.3 Å². The van der Waals surface area contributed by atoms with Crippen LogP contribution in [0.3, 0.4) is 0 Å². The van der Waals surface area contributed by atoms with E-state index in [9.17, 15) is 4.79 Å². The topological polar surface area (TPSA) is 78.1 Å². The zero-order valence-electron chi connectivity index (χ0n) is 7.77. The van der Waals surface area contributed by atoms with Gasteiger partial charge in [0.1, 0.15) is 17.2 Å². The van der Waals surface area contributed by atoms with Crippen molar-refractivity contribution in [2.45, 2.75) is 11.9 Å². The second-order valence-electron chi connectivity index (χ2n) is 2.37. The van der Waals surface area contributed by atoms with E-state index in [2.05, 4.69) is 9.97 Å². The molecule has 0 saturated carbocycles. The summed E-state index contributed by atoms with van der Waals surface area (Å²) in [7, 11) is 0. The molecule has 0 unspecified atom stereocenters. The van der Waals surface area contributed by atoms with Gasteiger partial charge in [-0.1, -0.05) is 11.8 Å². The van der Waals surface area contributed by atoms with Crippen molar-refractivity contribution < 1.29 is 9.53 Å². The molecular weight excluding hydrogens is 202 g/mol. The molecule has 0 aliphatic heterocycles. The number of ether oxygens (including phenoxy) is 1. The molecule has 0 bridgehead atoms. The molecule has 0 aromatic carbocycles. The number of esters is 1. The lowest BCUT2D eigenvalue weighted by molar-refractivity contribution is -0.139. The normalized spacial score (nSPS) is 9.79. The molecule has 5 nitrogen and oxygen atoms in total. The van der Waals surface area contributed by atoms with Gasteiger partial charge in [0.2, 0.25) is 0 Å². The van der Waals surface area contributed by atoms with Gasteiger partial charge in [-0.15, -0.1) is 0 Å².